The molecule has 2 aromatic carbocycles. The third kappa shape index (κ3) is 2.61. The van der Waals surface area contributed by atoms with Gasteiger partial charge in [0.1, 0.15) is 5.75 Å². The third-order valence-corrected chi connectivity index (χ3v) is 4.09. The van der Waals surface area contributed by atoms with Gasteiger partial charge in [-0.1, -0.05) is 30.3 Å². The first-order chi connectivity index (χ1) is 10.2. The second kappa shape index (κ2) is 5.78. The van der Waals surface area contributed by atoms with Crippen LogP contribution in [0.3, 0.4) is 0 Å². The van der Waals surface area contributed by atoms with Crippen LogP contribution < -0.4 is 15.0 Å². The van der Waals surface area contributed by atoms with Gasteiger partial charge in [-0.2, -0.15) is 0 Å². The number of hydrogen-bond acceptors (Lipinski definition) is 3. The van der Waals surface area contributed by atoms with Crippen molar-refractivity contribution in [1.29, 1.82) is 0 Å². The van der Waals surface area contributed by atoms with Crippen molar-refractivity contribution in [2.24, 2.45) is 0 Å². The van der Waals surface area contributed by atoms with E-state index in [1.807, 2.05) is 7.05 Å². The van der Waals surface area contributed by atoms with Crippen LogP contribution in [0.1, 0.15) is 22.7 Å². The normalized spacial score (nSPS) is 14.4. The molecule has 0 aliphatic carbocycles. The molecule has 0 radical (unpaired) electrons. The summed E-state index contributed by atoms with van der Waals surface area (Å²) < 4.78 is 5.85. The van der Waals surface area contributed by atoms with Crippen LogP contribution in [-0.4, -0.2) is 27.7 Å². The molecule has 0 saturated heterocycles. The summed E-state index contributed by atoms with van der Waals surface area (Å²) in [5.74, 6) is 1.06. The van der Waals surface area contributed by atoms with Crippen LogP contribution in [0.2, 0.25) is 0 Å². The molecule has 1 N–H and O–H groups in total. The fraction of sp³-hybridized carbons (Fsp3) is 0.333. The van der Waals surface area contributed by atoms with Gasteiger partial charge in [-0.3, -0.25) is 0 Å². The Morgan fingerprint density at radius 3 is 2.52 bits per heavy atom. The van der Waals surface area contributed by atoms with Gasteiger partial charge in [0.05, 0.1) is 12.6 Å². The number of anilines is 1. The molecule has 0 saturated carbocycles. The molecule has 3 heteroatoms. The van der Waals surface area contributed by atoms with Crippen LogP contribution >= 0.6 is 0 Å². The number of nitrogens with zero attached hydrogens (tertiary/aromatic N) is 1. The largest absolute Gasteiger partial charge is 0.493 e. The zero-order valence-electron chi connectivity index (χ0n) is 12.9. The molecule has 1 atom stereocenters. The first kappa shape index (κ1) is 14.0. The van der Waals surface area contributed by atoms with Crippen LogP contribution in [0, 0.1) is 0 Å². The van der Waals surface area contributed by atoms with Crippen LogP contribution in [0.25, 0.3) is 0 Å². The van der Waals surface area contributed by atoms with E-state index >= 15 is 0 Å². The number of fused-ring (bicyclic) bond motifs is 1. The second-order valence-corrected chi connectivity index (χ2v) is 5.64. The van der Waals surface area contributed by atoms with E-state index in [0.29, 0.717) is 0 Å². The highest BCUT2D eigenvalue weighted by Crippen LogP contribution is 2.36. The smallest absolute Gasteiger partial charge is 0.127 e. The lowest BCUT2D eigenvalue weighted by Crippen LogP contribution is -2.18. The molecule has 0 bridgehead atoms. The first-order valence-corrected chi connectivity index (χ1v) is 7.40. The van der Waals surface area contributed by atoms with Crippen molar-refractivity contribution < 1.29 is 4.74 Å². The van der Waals surface area contributed by atoms with Crippen molar-refractivity contribution >= 4 is 5.69 Å². The molecule has 3 nitrogen and oxygen atoms in total. The van der Waals surface area contributed by atoms with Gasteiger partial charge in [0.25, 0.3) is 0 Å². The number of ether oxygens (including phenoxy) is 1. The highest BCUT2D eigenvalue weighted by atomic mass is 16.5. The van der Waals surface area contributed by atoms with E-state index in [-0.39, 0.29) is 6.04 Å². The summed E-state index contributed by atoms with van der Waals surface area (Å²) in [7, 11) is 6.11. The van der Waals surface area contributed by atoms with Gasteiger partial charge in [-0.15, -0.1) is 0 Å². The summed E-state index contributed by atoms with van der Waals surface area (Å²) >= 11 is 0. The Morgan fingerprint density at radius 2 is 1.86 bits per heavy atom. The minimum Gasteiger partial charge on any atom is -0.493 e. The molecule has 0 aromatic heterocycles. The van der Waals surface area contributed by atoms with Crippen LogP contribution in [0.15, 0.2) is 42.5 Å². The Bertz CT molecular complexity index is 620. The van der Waals surface area contributed by atoms with Gasteiger partial charge in [0.15, 0.2) is 0 Å². The Balaban J connectivity index is 1.97. The predicted molar refractivity (Wildman–Crippen MR) is 87.3 cm³/mol. The lowest BCUT2D eigenvalue weighted by Gasteiger charge is -2.21. The van der Waals surface area contributed by atoms with E-state index in [0.717, 1.165) is 18.8 Å². The maximum atomic E-state index is 5.85. The molecule has 1 unspecified atom stereocenters. The Morgan fingerprint density at radius 1 is 1.10 bits per heavy atom. The Labute approximate surface area is 126 Å². The summed E-state index contributed by atoms with van der Waals surface area (Å²) in [6.45, 7) is 0.794. The summed E-state index contributed by atoms with van der Waals surface area (Å²) in [5.41, 5.74) is 5.01. The van der Waals surface area contributed by atoms with Gasteiger partial charge in [-0.05, 0) is 30.3 Å². The van der Waals surface area contributed by atoms with Gasteiger partial charge >= 0.3 is 0 Å². The minimum atomic E-state index is 0.161. The molecule has 0 spiro atoms. The first-order valence-electron chi connectivity index (χ1n) is 7.40. The lowest BCUT2D eigenvalue weighted by atomic mass is 9.96. The van der Waals surface area contributed by atoms with Crippen molar-refractivity contribution in [2.75, 3.05) is 32.6 Å². The Hall–Kier alpha value is -2.00. The Kier molecular flexibility index (Phi) is 3.84. The van der Waals surface area contributed by atoms with E-state index in [1.165, 1.54) is 22.4 Å². The predicted octanol–water partition coefficient (Wildman–Crippen LogP) is 3.00. The topological polar surface area (TPSA) is 24.5 Å². The summed E-state index contributed by atoms with van der Waals surface area (Å²) in [5, 5.41) is 3.42. The fourth-order valence-electron chi connectivity index (χ4n) is 2.93. The molecule has 0 amide bonds. The molecule has 2 aromatic rings. The van der Waals surface area contributed by atoms with Crippen LogP contribution in [-0.2, 0) is 6.42 Å². The zero-order chi connectivity index (χ0) is 14.8. The average molecular weight is 282 g/mol. The molecule has 1 aliphatic heterocycles. The zero-order valence-corrected chi connectivity index (χ0v) is 12.9. The number of rotatable bonds is 4. The van der Waals surface area contributed by atoms with E-state index in [9.17, 15) is 0 Å². The van der Waals surface area contributed by atoms with Crippen molar-refractivity contribution in [1.82, 2.24) is 5.32 Å². The van der Waals surface area contributed by atoms with Gasteiger partial charge in [0.2, 0.25) is 0 Å². The standard InChI is InChI=1S/C18H22N2O/c1-19-17(13-7-9-15(10-8-13)20(2)3)16-6-4-5-14-11-12-21-18(14)16/h4-10,17,19H,11-12H2,1-3H3. The van der Waals surface area contributed by atoms with Crippen LogP contribution in [0.5, 0.6) is 5.75 Å². The van der Waals surface area contributed by atoms with E-state index in [1.54, 1.807) is 0 Å². The molecule has 21 heavy (non-hydrogen) atoms. The number of hydrogen-bond donors (Lipinski definition) is 1. The maximum Gasteiger partial charge on any atom is 0.127 e. The SMILES string of the molecule is CNC(c1ccc(N(C)C)cc1)c1cccc2c1OCC2. The van der Waals surface area contributed by atoms with Crippen molar-refractivity contribution in [3.63, 3.8) is 0 Å². The fourth-order valence-corrected chi connectivity index (χ4v) is 2.93. The quantitative estimate of drug-likeness (QED) is 0.933. The molecular formula is C18H22N2O. The van der Waals surface area contributed by atoms with E-state index < -0.39 is 0 Å². The van der Waals surface area contributed by atoms with E-state index in [2.05, 4.69) is 66.8 Å². The third-order valence-electron chi connectivity index (χ3n) is 4.09. The van der Waals surface area contributed by atoms with Gasteiger partial charge in [0, 0.05) is 31.8 Å². The number of para-hydroxylation sites is 1. The van der Waals surface area contributed by atoms with Crippen LogP contribution in [0.4, 0.5) is 5.69 Å². The van der Waals surface area contributed by atoms with Crippen molar-refractivity contribution in [3.05, 3.63) is 59.2 Å². The monoisotopic (exact) mass is 282 g/mol. The van der Waals surface area contributed by atoms with E-state index in [4.69, 9.17) is 4.74 Å². The number of nitrogens with one attached hydrogen (secondary N) is 1. The highest BCUT2D eigenvalue weighted by Gasteiger charge is 2.22. The molecule has 3 rings (SSSR count). The van der Waals surface area contributed by atoms with Crippen molar-refractivity contribution in [3.8, 4) is 5.75 Å². The maximum absolute atomic E-state index is 5.85. The molecular weight excluding hydrogens is 260 g/mol. The second-order valence-electron chi connectivity index (χ2n) is 5.64. The summed E-state index contributed by atoms with van der Waals surface area (Å²) in [4.78, 5) is 2.11. The van der Waals surface area contributed by atoms with Gasteiger partial charge in [-0.25, -0.2) is 0 Å². The number of benzene rings is 2. The molecule has 1 aliphatic rings. The molecule has 1 heterocycles. The lowest BCUT2D eigenvalue weighted by molar-refractivity contribution is 0.351. The van der Waals surface area contributed by atoms with Gasteiger partial charge < -0.3 is 15.0 Å². The van der Waals surface area contributed by atoms with Crippen molar-refractivity contribution in [2.45, 2.75) is 12.5 Å². The minimum absolute atomic E-state index is 0.161. The average Bonchev–Trinajstić information content (AvgIpc) is 2.98. The highest BCUT2D eigenvalue weighted by molar-refractivity contribution is 5.51. The summed E-state index contributed by atoms with van der Waals surface area (Å²) in [6.07, 6.45) is 1.01. The molecule has 0 fully saturated rings. The summed E-state index contributed by atoms with van der Waals surface area (Å²) in [6, 6.07) is 15.3. The molecule has 110 valence electrons.